The number of benzene rings is 2. The number of hydrogen-bond donors (Lipinski definition) is 3. The molecule has 9 nitrogen and oxygen atoms in total. The van der Waals surface area contributed by atoms with Gasteiger partial charge in [-0.25, -0.2) is 0 Å². The fourth-order valence-corrected chi connectivity index (χ4v) is 8.12. The molecule has 2 fully saturated rings. The molecular weight excluding hydrogens is 871 g/mol. The molecule has 4 aliphatic heterocycles. The molecule has 42 heavy (non-hydrogen) atoms. The van der Waals surface area contributed by atoms with Gasteiger partial charge in [0.15, 0.2) is 0 Å². The van der Waals surface area contributed by atoms with E-state index in [0.29, 0.717) is 39.8 Å². The molecule has 4 aliphatic rings. The van der Waals surface area contributed by atoms with Gasteiger partial charge in [0.2, 0.25) is 0 Å². The van der Waals surface area contributed by atoms with Crippen molar-refractivity contribution >= 4 is 28.9 Å². The second-order valence-corrected chi connectivity index (χ2v) is 13.1. The number of halogens is 1. The summed E-state index contributed by atoms with van der Waals surface area (Å²) >= 11 is -0.281. The smallest absolute Gasteiger partial charge is 0.495 e. The van der Waals surface area contributed by atoms with Gasteiger partial charge >= 0.3 is 148 Å². The zero-order valence-corrected chi connectivity index (χ0v) is 30.5. The van der Waals surface area contributed by atoms with Crippen molar-refractivity contribution in [3.05, 3.63) is 72.7 Å². The van der Waals surface area contributed by atoms with Gasteiger partial charge in [-0.15, -0.1) is 0 Å². The zero-order chi connectivity index (χ0) is 29.1. The number of anilines is 3. The first-order valence-corrected chi connectivity index (χ1v) is 16.1. The molecule has 0 radical (unpaired) electrons. The molecule has 4 heterocycles. The summed E-state index contributed by atoms with van der Waals surface area (Å²) in [6.07, 6.45) is 4.86. The molecule has 0 spiro atoms. The Labute approximate surface area is 282 Å². The van der Waals surface area contributed by atoms with Crippen LogP contribution in [0, 0.1) is 44.1 Å². The van der Waals surface area contributed by atoms with Crippen LogP contribution in [-0.2, 0) is 0 Å². The van der Waals surface area contributed by atoms with Gasteiger partial charge in [-0.1, -0.05) is 18.6 Å². The van der Waals surface area contributed by atoms with E-state index in [1.807, 2.05) is 28.0 Å². The number of amides is 2. The van der Waals surface area contributed by atoms with Crippen molar-refractivity contribution in [3.63, 3.8) is 0 Å². The zero-order valence-electron chi connectivity index (χ0n) is 24.1. The number of nitrogens with one attached hydrogen (secondary N) is 3. The Bertz CT molecular complexity index is 1370. The number of carbonyl (C=O) groups excluding carboxylic acids is 2. The van der Waals surface area contributed by atoms with Crippen molar-refractivity contribution in [1.82, 2.24) is 9.80 Å². The Morgan fingerprint density at radius 3 is 2.48 bits per heavy atom. The van der Waals surface area contributed by atoms with E-state index in [4.69, 9.17) is 9.47 Å². The maximum Gasteiger partial charge on any atom is 2.00 e. The molecule has 0 bridgehead atoms. The molecule has 1 unspecified atom stereocenters. The quantitative estimate of drug-likeness (QED) is 0.0745. The second-order valence-electron chi connectivity index (χ2n) is 10.5. The van der Waals surface area contributed by atoms with Crippen molar-refractivity contribution < 1.29 is 71.7 Å². The van der Waals surface area contributed by atoms with Crippen LogP contribution in [0.4, 0.5) is 17.1 Å². The molecule has 0 aliphatic carbocycles. The third kappa shape index (κ3) is 6.89. The molecular formula is C31H37IN5O4U-. The Balaban J connectivity index is 0.000000193. The van der Waals surface area contributed by atoms with E-state index < -0.39 is 0 Å². The van der Waals surface area contributed by atoms with Crippen molar-refractivity contribution in [2.24, 2.45) is 0 Å². The van der Waals surface area contributed by atoms with Gasteiger partial charge in [0, 0.05) is 19.5 Å². The molecule has 3 N–H and O–H groups in total. The minimum absolute atomic E-state index is 0. The normalized spacial score (nSPS) is 20.2. The van der Waals surface area contributed by atoms with Gasteiger partial charge in [-0.05, 0) is 18.6 Å². The molecule has 2 aromatic rings. The minimum atomic E-state index is -0.281. The van der Waals surface area contributed by atoms with Gasteiger partial charge < -0.3 is 27.2 Å². The summed E-state index contributed by atoms with van der Waals surface area (Å²) in [6.45, 7) is 14.0. The predicted molar refractivity (Wildman–Crippen MR) is 157 cm³/mol. The van der Waals surface area contributed by atoms with E-state index in [1.54, 1.807) is 20.3 Å². The van der Waals surface area contributed by atoms with Crippen LogP contribution in [0.2, 0.25) is 0 Å². The Kier molecular flexibility index (Phi) is 11.2. The van der Waals surface area contributed by atoms with Gasteiger partial charge in [-0.3, -0.25) is 4.79 Å². The topological polar surface area (TPSA) is 95.2 Å². The number of carbonyl (C=O) groups is 2. The van der Waals surface area contributed by atoms with E-state index in [-0.39, 0.29) is 70.6 Å². The van der Waals surface area contributed by atoms with Gasteiger partial charge in [0.05, 0.1) is 24.0 Å². The fraction of sp³-hybridized carbons (Fsp3) is 0.387. The van der Waals surface area contributed by atoms with Crippen LogP contribution in [-0.4, -0.2) is 65.7 Å². The van der Waals surface area contributed by atoms with Crippen molar-refractivity contribution in [3.8, 4) is 11.5 Å². The first-order chi connectivity index (χ1) is 19.8. The van der Waals surface area contributed by atoms with Crippen LogP contribution in [0.5, 0.6) is 11.5 Å². The minimum Gasteiger partial charge on any atom is -0.495 e. The molecule has 11 heteroatoms. The third-order valence-electron chi connectivity index (χ3n) is 7.50. The molecule has 2 atom stereocenters. The number of ether oxygens (including phenoxy) is 2. The first-order valence-electron chi connectivity index (χ1n) is 13.8. The first kappa shape index (κ1) is 32.6. The van der Waals surface area contributed by atoms with Crippen LogP contribution in [0.3, 0.4) is 0 Å². The molecule has 2 amide bonds. The third-order valence-corrected chi connectivity index (χ3v) is 10.2. The largest absolute Gasteiger partial charge is 2.00 e. The second kappa shape index (κ2) is 14.4. The summed E-state index contributed by atoms with van der Waals surface area (Å²) in [5.41, 5.74) is 6.24. The summed E-state index contributed by atoms with van der Waals surface area (Å²) in [5.74, 6) is 1.42. The number of nitrogens with zero attached hydrogens (tertiary/aromatic N) is 2. The van der Waals surface area contributed by atoms with Crippen LogP contribution >= 0.6 is 0 Å². The number of alkyl halides is 1. The molecule has 2 saturated heterocycles. The Morgan fingerprint density at radius 1 is 1.02 bits per heavy atom. The van der Waals surface area contributed by atoms with Crippen LogP contribution in [0.1, 0.15) is 52.8 Å². The number of unbranched alkanes of at least 4 members (excludes halogenated alkanes) is 2. The number of rotatable bonds is 7. The van der Waals surface area contributed by atoms with Gasteiger partial charge in [0.25, 0.3) is 5.91 Å². The van der Waals surface area contributed by atoms with Crippen molar-refractivity contribution in [1.29, 1.82) is 0 Å². The average molecular weight is 909 g/mol. The molecule has 6 rings (SSSR count). The van der Waals surface area contributed by atoms with E-state index in [1.165, 1.54) is 0 Å². The maximum absolute atomic E-state index is 12.7. The van der Waals surface area contributed by atoms with E-state index in [9.17, 15) is 9.59 Å². The summed E-state index contributed by atoms with van der Waals surface area (Å²) < 4.78 is 14.3. The number of hydrogen-bond acceptors (Lipinski definition) is 7. The van der Waals surface area contributed by atoms with Crippen molar-refractivity contribution in [2.75, 3.05) is 48.0 Å². The summed E-state index contributed by atoms with van der Waals surface area (Å²) in [7, 11) is 3.21. The Morgan fingerprint density at radius 2 is 1.74 bits per heavy atom. The SMILES string of the molecule is C=C1CC2[I-]Nc3c[c-]c(OC)cc3C(=O)N2C1.C=C1C[C@H]2Nc3cc(NCCCC[CH2-])c(OC)cc3C(=O)N2C1.[U+2]. The molecule has 0 aromatic heterocycles. The van der Waals surface area contributed by atoms with Crippen molar-refractivity contribution in [2.45, 2.75) is 42.3 Å². The van der Waals surface area contributed by atoms with E-state index in [0.717, 1.165) is 66.9 Å². The van der Waals surface area contributed by atoms with E-state index >= 15 is 0 Å². The molecule has 2 aromatic carbocycles. The Hall–Kier alpha value is -2.36. The monoisotopic (exact) mass is 908 g/mol. The number of fused-ring (bicyclic) bond motifs is 4. The summed E-state index contributed by atoms with van der Waals surface area (Å²) in [6, 6.07) is 10.4. The van der Waals surface area contributed by atoms with Gasteiger partial charge in [-0.2, -0.15) is 6.42 Å². The van der Waals surface area contributed by atoms with E-state index in [2.05, 4.69) is 40.3 Å². The molecule has 222 valence electrons. The average Bonchev–Trinajstić information content (AvgIpc) is 3.51. The van der Waals surface area contributed by atoms with Crippen LogP contribution in [0.25, 0.3) is 0 Å². The molecule has 0 saturated carbocycles. The predicted octanol–water partition coefficient (Wildman–Crippen LogP) is 1.92. The van der Waals surface area contributed by atoms with Crippen LogP contribution in [0.15, 0.2) is 48.6 Å². The summed E-state index contributed by atoms with van der Waals surface area (Å²) in [5, 5.41) is 6.85. The fourth-order valence-electron chi connectivity index (χ4n) is 5.35. The maximum atomic E-state index is 12.7. The number of methoxy groups -OCH3 is 2. The van der Waals surface area contributed by atoms with Gasteiger partial charge in [0.1, 0.15) is 11.9 Å². The standard InChI is InChI=1S/C18H24N3O2.C13H13IN2O2.U/c1-4-5-6-7-19-15-10-14-13(9-16(15)23-3)18(22)21-11-12(2)8-17(21)20-14;1-8-5-12-14-15-11-4-3-9(18-2)6-10(11)13(17)16(12)7-8;/h9-10,17,19-20H,1-2,4-8,11H2,3H3;4,6,12,15H,1,5,7H2,2H3;/q-1;-2;+2/t17-;;/m0../s1. The summed E-state index contributed by atoms with van der Waals surface area (Å²) in [4.78, 5) is 29.0. The van der Waals surface area contributed by atoms with Crippen LogP contribution < -0.4 is 45.1 Å².